The molecule has 1 aliphatic heterocycles. The predicted molar refractivity (Wildman–Crippen MR) is 73.0 cm³/mol. The fraction of sp³-hybridized carbons (Fsp3) is 0.929. The van der Waals surface area contributed by atoms with Crippen LogP contribution in [0.3, 0.4) is 0 Å². The molecule has 2 fully saturated rings. The van der Waals surface area contributed by atoms with Gasteiger partial charge >= 0.3 is 0 Å². The zero-order valence-corrected chi connectivity index (χ0v) is 12.1. The van der Waals surface area contributed by atoms with Crippen molar-refractivity contribution in [3.05, 3.63) is 0 Å². The molecule has 1 N–H and O–H groups in total. The molecule has 1 atom stereocenters. The van der Waals surface area contributed by atoms with Gasteiger partial charge in [-0.05, 0) is 37.8 Å². The Morgan fingerprint density at radius 2 is 1.79 bits per heavy atom. The summed E-state index contributed by atoms with van der Waals surface area (Å²) in [5, 5.41) is 3.37. The average Bonchev–Trinajstić information content (AvgIpc) is 3.12. The molecule has 1 spiro atoms. The van der Waals surface area contributed by atoms with Crippen molar-refractivity contribution >= 4 is 5.91 Å². The Hall–Kier alpha value is -0.650. The molecule has 19 heavy (non-hydrogen) atoms. The molecule has 1 unspecified atom stereocenters. The van der Waals surface area contributed by atoms with E-state index in [-0.39, 0.29) is 5.92 Å². The lowest BCUT2D eigenvalue weighted by atomic mass is 9.91. The second-order valence-electron chi connectivity index (χ2n) is 5.68. The van der Waals surface area contributed by atoms with Crippen LogP contribution in [0.25, 0.3) is 0 Å². The molecule has 1 saturated carbocycles. The standard InChI is InChI=1S/C14H26N2O3/c1-18-9-7-16(8-10-19-2)13(17)12-11-14(12)3-5-15-6-4-14/h12,15H,3-11H2,1-2H3. The number of piperidine rings is 1. The van der Waals surface area contributed by atoms with Crippen molar-refractivity contribution in [1.82, 2.24) is 10.2 Å². The summed E-state index contributed by atoms with van der Waals surface area (Å²) in [5.74, 6) is 0.541. The highest BCUT2D eigenvalue weighted by Gasteiger charge is 2.58. The summed E-state index contributed by atoms with van der Waals surface area (Å²) in [4.78, 5) is 14.5. The third kappa shape index (κ3) is 3.46. The first kappa shape index (κ1) is 14.8. The van der Waals surface area contributed by atoms with Gasteiger partial charge in [0.2, 0.25) is 5.91 Å². The van der Waals surface area contributed by atoms with Crippen LogP contribution in [0.5, 0.6) is 0 Å². The third-order valence-electron chi connectivity index (χ3n) is 4.53. The number of rotatable bonds is 7. The molecule has 1 heterocycles. The van der Waals surface area contributed by atoms with Crippen molar-refractivity contribution in [3.8, 4) is 0 Å². The van der Waals surface area contributed by atoms with Crippen LogP contribution in [-0.2, 0) is 14.3 Å². The van der Waals surface area contributed by atoms with Gasteiger partial charge in [-0.25, -0.2) is 0 Å². The van der Waals surface area contributed by atoms with Crippen LogP contribution >= 0.6 is 0 Å². The molecule has 0 aromatic heterocycles. The molecule has 1 aliphatic carbocycles. The smallest absolute Gasteiger partial charge is 0.226 e. The molecule has 2 rings (SSSR count). The maximum Gasteiger partial charge on any atom is 0.226 e. The zero-order valence-electron chi connectivity index (χ0n) is 12.1. The van der Waals surface area contributed by atoms with Gasteiger partial charge in [-0.3, -0.25) is 4.79 Å². The summed E-state index contributed by atoms with van der Waals surface area (Å²) in [5.41, 5.74) is 0.306. The topological polar surface area (TPSA) is 50.8 Å². The number of amides is 1. The van der Waals surface area contributed by atoms with Crippen molar-refractivity contribution < 1.29 is 14.3 Å². The Bertz CT molecular complexity index is 295. The van der Waals surface area contributed by atoms with Crippen LogP contribution in [0.1, 0.15) is 19.3 Å². The number of nitrogens with one attached hydrogen (secondary N) is 1. The predicted octanol–water partition coefficient (Wildman–Crippen LogP) is 0.498. The van der Waals surface area contributed by atoms with E-state index < -0.39 is 0 Å². The lowest BCUT2D eigenvalue weighted by molar-refractivity contribution is -0.135. The summed E-state index contributed by atoms with van der Waals surface area (Å²) in [6, 6.07) is 0. The monoisotopic (exact) mass is 270 g/mol. The number of carbonyl (C=O) groups is 1. The zero-order chi connectivity index (χ0) is 13.7. The van der Waals surface area contributed by atoms with E-state index in [0.29, 0.717) is 37.6 Å². The fourth-order valence-corrected chi connectivity index (χ4v) is 3.13. The first-order chi connectivity index (χ1) is 9.23. The Kier molecular flexibility index (Phi) is 5.19. The van der Waals surface area contributed by atoms with Crippen molar-refractivity contribution in [2.45, 2.75) is 19.3 Å². The van der Waals surface area contributed by atoms with E-state index in [1.165, 1.54) is 0 Å². The van der Waals surface area contributed by atoms with Gasteiger partial charge in [-0.2, -0.15) is 0 Å². The first-order valence-electron chi connectivity index (χ1n) is 7.21. The van der Waals surface area contributed by atoms with Crippen molar-refractivity contribution in [2.75, 3.05) is 53.6 Å². The Balaban J connectivity index is 1.88. The molecule has 2 aliphatic rings. The maximum absolute atomic E-state index is 12.6. The maximum atomic E-state index is 12.6. The SMILES string of the molecule is COCCN(CCOC)C(=O)C1CC12CCNCC2. The largest absolute Gasteiger partial charge is 0.383 e. The number of hydrogen-bond donors (Lipinski definition) is 1. The lowest BCUT2D eigenvalue weighted by Gasteiger charge is -2.26. The van der Waals surface area contributed by atoms with Gasteiger partial charge in [0.15, 0.2) is 0 Å². The Morgan fingerprint density at radius 1 is 1.21 bits per heavy atom. The number of carbonyl (C=O) groups excluding carboxylic acids is 1. The molecule has 0 aromatic carbocycles. The van der Waals surface area contributed by atoms with Gasteiger partial charge in [-0.1, -0.05) is 0 Å². The molecule has 110 valence electrons. The van der Waals surface area contributed by atoms with Crippen molar-refractivity contribution in [1.29, 1.82) is 0 Å². The van der Waals surface area contributed by atoms with E-state index in [1.54, 1.807) is 14.2 Å². The lowest BCUT2D eigenvalue weighted by Crippen LogP contribution is -2.39. The number of methoxy groups -OCH3 is 2. The highest BCUT2D eigenvalue weighted by Crippen LogP contribution is 2.59. The number of nitrogens with zero attached hydrogens (tertiary/aromatic N) is 1. The van der Waals surface area contributed by atoms with Crippen LogP contribution in [0.15, 0.2) is 0 Å². The molecule has 1 saturated heterocycles. The van der Waals surface area contributed by atoms with Crippen LogP contribution in [0.2, 0.25) is 0 Å². The minimum atomic E-state index is 0.239. The van der Waals surface area contributed by atoms with Gasteiger partial charge in [-0.15, -0.1) is 0 Å². The van der Waals surface area contributed by atoms with Gasteiger partial charge in [0.25, 0.3) is 0 Å². The van der Waals surface area contributed by atoms with E-state index in [4.69, 9.17) is 9.47 Å². The van der Waals surface area contributed by atoms with Crippen LogP contribution in [-0.4, -0.2) is 64.4 Å². The second kappa shape index (κ2) is 6.68. The third-order valence-corrected chi connectivity index (χ3v) is 4.53. The van der Waals surface area contributed by atoms with Crippen LogP contribution in [0, 0.1) is 11.3 Å². The molecule has 5 heteroatoms. The molecule has 0 aromatic rings. The van der Waals surface area contributed by atoms with Gasteiger partial charge in [0.1, 0.15) is 0 Å². The normalized spacial score (nSPS) is 24.4. The van der Waals surface area contributed by atoms with Crippen LogP contribution in [0.4, 0.5) is 0 Å². The van der Waals surface area contributed by atoms with E-state index in [9.17, 15) is 4.79 Å². The Morgan fingerprint density at radius 3 is 2.32 bits per heavy atom. The number of hydrogen-bond acceptors (Lipinski definition) is 4. The summed E-state index contributed by atoms with van der Waals surface area (Å²) >= 11 is 0. The van der Waals surface area contributed by atoms with Gasteiger partial charge in [0.05, 0.1) is 13.2 Å². The average molecular weight is 270 g/mol. The molecule has 5 nitrogen and oxygen atoms in total. The van der Waals surface area contributed by atoms with Crippen LogP contribution < -0.4 is 5.32 Å². The fourth-order valence-electron chi connectivity index (χ4n) is 3.13. The van der Waals surface area contributed by atoms with Gasteiger partial charge < -0.3 is 19.7 Å². The minimum absolute atomic E-state index is 0.239. The van der Waals surface area contributed by atoms with E-state index in [2.05, 4.69) is 5.32 Å². The quantitative estimate of drug-likeness (QED) is 0.732. The Labute approximate surface area is 115 Å². The van der Waals surface area contributed by atoms with Crippen molar-refractivity contribution in [2.24, 2.45) is 11.3 Å². The molecular weight excluding hydrogens is 244 g/mol. The van der Waals surface area contributed by atoms with E-state index >= 15 is 0 Å². The van der Waals surface area contributed by atoms with E-state index in [1.807, 2.05) is 4.90 Å². The highest BCUT2D eigenvalue weighted by molar-refractivity contribution is 5.82. The number of ether oxygens (including phenoxy) is 2. The van der Waals surface area contributed by atoms with Crippen molar-refractivity contribution in [3.63, 3.8) is 0 Å². The molecular formula is C14H26N2O3. The second-order valence-corrected chi connectivity index (χ2v) is 5.68. The van der Waals surface area contributed by atoms with Gasteiger partial charge in [0, 0.05) is 33.2 Å². The highest BCUT2D eigenvalue weighted by atomic mass is 16.5. The molecule has 0 radical (unpaired) electrons. The minimum Gasteiger partial charge on any atom is -0.383 e. The summed E-state index contributed by atoms with van der Waals surface area (Å²) in [6.45, 7) is 4.64. The summed E-state index contributed by atoms with van der Waals surface area (Å²) in [6.07, 6.45) is 3.36. The van der Waals surface area contributed by atoms with E-state index in [0.717, 1.165) is 32.4 Å². The summed E-state index contributed by atoms with van der Waals surface area (Å²) in [7, 11) is 3.34. The first-order valence-corrected chi connectivity index (χ1v) is 7.21. The summed E-state index contributed by atoms with van der Waals surface area (Å²) < 4.78 is 10.2. The molecule has 0 bridgehead atoms. The molecule has 1 amide bonds.